The first-order chi connectivity index (χ1) is 7.92. The first-order valence-electron chi connectivity index (χ1n) is 6.39. The minimum absolute atomic E-state index is 0.457. The summed E-state index contributed by atoms with van der Waals surface area (Å²) >= 11 is 1.84. The summed E-state index contributed by atoms with van der Waals surface area (Å²) < 4.78 is 0. The highest BCUT2D eigenvalue weighted by Gasteiger charge is 2.19. The van der Waals surface area contributed by atoms with Gasteiger partial charge >= 0.3 is 0 Å². The van der Waals surface area contributed by atoms with Gasteiger partial charge in [-0.2, -0.15) is 0 Å². The number of hydrogen-bond acceptors (Lipinski definition) is 3. The molecule has 2 N–H and O–H groups in total. The Labute approximate surface area is 102 Å². The van der Waals surface area contributed by atoms with Gasteiger partial charge in [0, 0.05) is 11.4 Å². The molecule has 0 radical (unpaired) electrons. The molecule has 3 heteroatoms. The topological polar surface area (TPSA) is 29.3 Å². The lowest BCUT2D eigenvalue weighted by molar-refractivity contribution is 0.186. The first kappa shape index (κ1) is 12.1. The molecule has 2 rings (SSSR count). The van der Waals surface area contributed by atoms with E-state index in [0.29, 0.717) is 6.04 Å². The fourth-order valence-electron chi connectivity index (χ4n) is 2.51. The van der Waals surface area contributed by atoms with Gasteiger partial charge in [0.25, 0.3) is 0 Å². The lowest BCUT2D eigenvalue weighted by atomic mass is 10.1. The molecular formula is C13H22N2S. The van der Waals surface area contributed by atoms with Gasteiger partial charge in [0.1, 0.15) is 0 Å². The van der Waals surface area contributed by atoms with E-state index in [1.807, 2.05) is 11.3 Å². The number of likely N-dealkylation sites (tertiary alicyclic amines) is 1. The lowest BCUT2D eigenvalue weighted by Crippen LogP contribution is -2.35. The molecule has 1 aromatic heterocycles. The van der Waals surface area contributed by atoms with Gasteiger partial charge in [-0.25, -0.2) is 0 Å². The van der Waals surface area contributed by atoms with Gasteiger partial charge in [0.2, 0.25) is 0 Å². The summed E-state index contributed by atoms with van der Waals surface area (Å²) in [7, 11) is 0. The van der Waals surface area contributed by atoms with Crippen LogP contribution in [0.1, 0.15) is 43.0 Å². The van der Waals surface area contributed by atoms with Crippen molar-refractivity contribution in [3.63, 3.8) is 0 Å². The van der Waals surface area contributed by atoms with Crippen molar-refractivity contribution < 1.29 is 0 Å². The molecule has 0 amide bonds. The number of nitrogens with zero attached hydrogens (tertiary/aromatic N) is 1. The maximum Gasteiger partial charge on any atom is 0.0564 e. The molecule has 1 fully saturated rings. The summed E-state index contributed by atoms with van der Waals surface area (Å²) in [5.41, 5.74) is 5.95. The summed E-state index contributed by atoms with van der Waals surface area (Å²) in [6.07, 6.45) is 6.86. The molecule has 1 saturated heterocycles. The Morgan fingerprint density at radius 3 is 2.44 bits per heavy atom. The van der Waals surface area contributed by atoms with E-state index in [4.69, 9.17) is 5.73 Å². The van der Waals surface area contributed by atoms with E-state index in [1.165, 1.54) is 50.1 Å². The van der Waals surface area contributed by atoms with Gasteiger partial charge in [-0.05, 0) is 37.4 Å². The average molecular weight is 238 g/mol. The zero-order chi connectivity index (χ0) is 11.2. The third-order valence-corrected chi connectivity index (χ3v) is 4.40. The molecule has 90 valence electrons. The Balaban J connectivity index is 2.01. The highest BCUT2D eigenvalue weighted by atomic mass is 32.1. The van der Waals surface area contributed by atoms with Crippen LogP contribution in [0, 0.1) is 0 Å². The zero-order valence-electron chi connectivity index (χ0n) is 9.90. The van der Waals surface area contributed by atoms with Crippen molar-refractivity contribution in [1.82, 2.24) is 4.90 Å². The molecule has 2 heterocycles. The fourth-order valence-corrected chi connectivity index (χ4v) is 3.38. The molecule has 1 aromatic rings. The predicted octanol–water partition coefficient (Wildman–Crippen LogP) is 3.01. The SMILES string of the molecule is NCC(c1cccs1)N1CCCCCCC1. The summed E-state index contributed by atoms with van der Waals surface area (Å²) in [6, 6.07) is 4.81. The van der Waals surface area contributed by atoms with Crippen molar-refractivity contribution >= 4 is 11.3 Å². The monoisotopic (exact) mass is 238 g/mol. The molecule has 0 saturated carbocycles. The largest absolute Gasteiger partial charge is 0.329 e. The van der Waals surface area contributed by atoms with Crippen LogP contribution in [-0.2, 0) is 0 Å². The quantitative estimate of drug-likeness (QED) is 0.877. The van der Waals surface area contributed by atoms with Crippen molar-refractivity contribution in [2.24, 2.45) is 5.73 Å². The summed E-state index contributed by atoms with van der Waals surface area (Å²) in [6.45, 7) is 3.19. The third-order valence-electron chi connectivity index (χ3n) is 3.43. The average Bonchev–Trinajstić information content (AvgIpc) is 2.75. The predicted molar refractivity (Wildman–Crippen MR) is 70.8 cm³/mol. The first-order valence-corrected chi connectivity index (χ1v) is 7.27. The van der Waals surface area contributed by atoms with Crippen LogP contribution in [-0.4, -0.2) is 24.5 Å². The van der Waals surface area contributed by atoms with Gasteiger partial charge in [0.15, 0.2) is 0 Å². The molecule has 0 spiro atoms. The lowest BCUT2D eigenvalue weighted by Gasteiger charge is -2.31. The molecule has 2 nitrogen and oxygen atoms in total. The van der Waals surface area contributed by atoms with Crippen LogP contribution in [0.3, 0.4) is 0 Å². The van der Waals surface area contributed by atoms with Crippen LogP contribution >= 0.6 is 11.3 Å². The minimum atomic E-state index is 0.457. The Kier molecular flexibility index (Phi) is 4.82. The highest BCUT2D eigenvalue weighted by molar-refractivity contribution is 7.10. The molecule has 1 aliphatic rings. The van der Waals surface area contributed by atoms with Crippen LogP contribution in [0.2, 0.25) is 0 Å². The van der Waals surface area contributed by atoms with Gasteiger partial charge in [0.05, 0.1) is 6.04 Å². The van der Waals surface area contributed by atoms with Crippen molar-refractivity contribution in [2.75, 3.05) is 19.6 Å². The number of nitrogens with two attached hydrogens (primary N) is 1. The molecule has 1 unspecified atom stereocenters. The van der Waals surface area contributed by atoms with E-state index in [9.17, 15) is 0 Å². The van der Waals surface area contributed by atoms with Crippen molar-refractivity contribution in [1.29, 1.82) is 0 Å². The summed E-state index contributed by atoms with van der Waals surface area (Å²) in [4.78, 5) is 4.02. The number of rotatable bonds is 3. The summed E-state index contributed by atoms with van der Waals surface area (Å²) in [5, 5.41) is 2.15. The Morgan fingerprint density at radius 2 is 1.88 bits per heavy atom. The molecule has 16 heavy (non-hydrogen) atoms. The van der Waals surface area contributed by atoms with E-state index in [2.05, 4.69) is 22.4 Å². The second kappa shape index (κ2) is 6.38. The third kappa shape index (κ3) is 3.06. The molecule has 1 aliphatic heterocycles. The second-order valence-corrected chi connectivity index (χ2v) is 5.55. The van der Waals surface area contributed by atoms with Gasteiger partial charge < -0.3 is 5.73 Å². The van der Waals surface area contributed by atoms with Crippen molar-refractivity contribution in [3.8, 4) is 0 Å². The Morgan fingerprint density at radius 1 is 1.19 bits per heavy atom. The molecule has 0 aromatic carbocycles. The fraction of sp³-hybridized carbons (Fsp3) is 0.692. The van der Waals surface area contributed by atoms with Crippen LogP contribution in [0.15, 0.2) is 17.5 Å². The van der Waals surface area contributed by atoms with E-state index in [1.54, 1.807) is 0 Å². The van der Waals surface area contributed by atoms with Crippen LogP contribution < -0.4 is 5.73 Å². The Bertz CT molecular complexity index is 276. The molecule has 0 bridgehead atoms. The minimum Gasteiger partial charge on any atom is -0.329 e. The van der Waals surface area contributed by atoms with Crippen molar-refractivity contribution in [2.45, 2.75) is 38.1 Å². The normalized spacial score (nSPS) is 21.3. The van der Waals surface area contributed by atoms with Gasteiger partial charge in [-0.15, -0.1) is 11.3 Å². The standard InChI is InChI=1S/C13H22N2S/c14-11-12(13-7-6-10-16-13)15-8-4-2-1-3-5-9-15/h6-7,10,12H,1-5,8-9,11,14H2. The maximum atomic E-state index is 5.95. The van der Waals surface area contributed by atoms with Crippen molar-refractivity contribution in [3.05, 3.63) is 22.4 Å². The van der Waals surface area contributed by atoms with Gasteiger partial charge in [-0.1, -0.05) is 25.3 Å². The smallest absolute Gasteiger partial charge is 0.0564 e. The van der Waals surface area contributed by atoms with Crippen LogP contribution in [0.4, 0.5) is 0 Å². The van der Waals surface area contributed by atoms with Crippen LogP contribution in [0.5, 0.6) is 0 Å². The van der Waals surface area contributed by atoms with E-state index in [0.717, 1.165) is 6.54 Å². The van der Waals surface area contributed by atoms with E-state index in [-0.39, 0.29) is 0 Å². The maximum absolute atomic E-state index is 5.95. The number of hydrogen-bond donors (Lipinski definition) is 1. The van der Waals surface area contributed by atoms with Crippen LogP contribution in [0.25, 0.3) is 0 Å². The van der Waals surface area contributed by atoms with Gasteiger partial charge in [-0.3, -0.25) is 4.90 Å². The zero-order valence-corrected chi connectivity index (χ0v) is 10.7. The molecule has 1 atom stereocenters. The Hall–Kier alpha value is -0.380. The molecular weight excluding hydrogens is 216 g/mol. The van der Waals surface area contributed by atoms with E-state index < -0.39 is 0 Å². The van der Waals surface area contributed by atoms with E-state index >= 15 is 0 Å². The summed E-state index contributed by atoms with van der Waals surface area (Å²) in [5.74, 6) is 0. The molecule has 0 aliphatic carbocycles. The number of thiophene rings is 1. The highest BCUT2D eigenvalue weighted by Crippen LogP contribution is 2.26. The second-order valence-electron chi connectivity index (χ2n) is 4.57.